The molecule has 138 valence electrons. The van der Waals surface area contributed by atoms with Crippen molar-refractivity contribution >= 4 is 17.3 Å². The number of anilines is 2. The Morgan fingerprint density at radius 3 is 2.08 bits per heavy atom. The second-order valence-electron chi connectivity index (χ2n) is 8.09. The second kappa shape index (κ2) is 7.90. The SMILES string of the molecule is CC(C)(C)c1ccc(Nc2ccc(C(=O)N3CCCCCC3)nc2)cc1. The molecule has 1 aromatic heterocycles. The van der Waals surface area contributed by atoms with Crippen LogP contribution < -0.4 is 5.32 Å². The summed E-state index contributed by atoms with van der Waals surface area (Å²) in [6.45, 7) is 8.32. The number of likely N-dealkylation sites (tertiary alicyclic amines) is 1. The lowest BCUT2D eigenvalue weighted by Gasteiger charge is -2.20. The van der Waals surface area contributed by atoms with Crippen molar-refractivity contribution < 1.29 is 4.79 Å². The topological polar surface area (TPSA) is 45.2 Å². The fourth-order valence-electron chi connectivity index (χ4n) is 3.25. The molecule has 1 fully saturated rings. The van der Waals surface area contributed by atoms with Gasteiger partial charge in [-0.05, 0) is 48.1 Å². The molecule has 1 saturated heterocycles. The van der Waals surface area contributed by atoms with Crippen LogP contribution in [0.2, 0.25) is 0 Å². The molecule has 26 heavy (non-hydrogen) atoms. The highest BCUT2D eigenvalue weighted by Crippen LogP contribution is 2.25. The van der Waals surface area contributed by atoms with E-state index in [0.29, 0.717) is 5.69 Å². The van der Waals surface area contributed by atoms with Gasteiger partial charge in [0.15, 0.2) is 0 Å². The maximum atomic E-state index is 12.6. The summed E-state index contributed by atoms with van der Waals surface area (Å²) in [5.41, 5.74) is 3.89. The number of pyridine rings is 1. The smallest absolute Gasteiger partial charge is 0.272 e. The molecule has 4 nitrogen and oxygen atoms in total. The van der Waals surface area contributed by atoms with Gasteiger partial charge < -0.3 is 10.2 Å². The molecule has 0 unspecified atom stereocenters. The molecule has 0 spiro atoms. The molecule has 2 heterocycles. The Labute approximate surface area is 156 Å². The molecule has 1 aliphatic rings. The zero-order valence-corrected chi connectivity index (χ0v) is 16.1. The molecular formula is C22H29N3O. The molecule has 0 saturated carbocycles. The van der Waals surface area contributed by atoms with Gasteiger partial charge >= 0.3 is 0 Å². The van der Waals surface area contributed by atoms with E-state index >= 15 is 0 Å². The maximum absolute atomic E-state index is 12.6. The first-order valence-corrected chi connectivity index (χ1v) is 9.56. The summed E-state index contributed by atoms with van der Waals surface area (Å²) in [6.07, 6.45) is 6.36. The van der Waals surface area contributed by atoms with E-state index in [1.165, 1.54) is 18.4 Å². The predicted molar refractivity (Wildman–Crippen MR) is 107 cm³/mol. The molecule has 1 N–H and O–H groups in total. The van der Waals surface area contributed by atoms with Crippen LogP contribution in [0.4, 0.5) is 11.4 Å². The largest absolute Gasteiger partial charge is 0.354 e. The summed E-state index contributed by atoms with van der Waals surface area (Å²) in [6, 6.07) is 12.2. The third-order valence-corrected chi connectivity index (χ3v) is 4.92. The summed E-state index contributed by atoms with van der Waals surface area (Å²) in [5, 5.41) is 3.35. The fourth-order valence-corrected chi connectivity index (χ4v) is 3.25. The minimum atomic E-state index is 0.0491. The van der Waals surface area contributed by atoms with Crippen LogP contribution >= 0.6 is 0 Å². The molecule has 2 aromatic rings. The van der Waals surface area contributed by atoms with E-state index < -0.39 is 0 Å². The van der Waals surface area contributed by atoms with Crippen molar-refractivity contribution in [3.63, 3.8) is 0 Å². The Balaban J connectivity index is 1.65. The molecule has 1 amide bonds. The highest BCUT2D eigenvalue weighted by Gasteiger charge is 2.18. The lowest BCUT2D eigenvalue weighted by atomic mass is 9.87. The van der Waals surface area contributed by atoms with E-state index in [-0.39, 0.29) is 11.3 Å². The van der Waals surface area contributed by atoms with Gasteiger partial charge in [0.25, 0.3) is 5.91 Å². The van der Waals surface area contributed by atoms with Crippen LogP contribution in [0, 0.1) is 0 Å². The predicted octanol–water partition coefficient (Wildman–Crippen LogP) is 5.14. The van der Waals surface area contributed by atoms with Crippen molar-refractivity contribution in [1.82, 2.24) is 9.88 Å². The van der Waals surface area contributed by atoms with Crippen LogP contribution in [-0.4, -0.2) is 28.9 Å². The third-order valence-electron chi connectivity index (χ3n) is 4.92. The minimum Gasteiger partial charge on any atom is -0.354 e. The normalized spacial score (nSPS) is 15.4. The quantitative estimate of drug-likeness (QED) is 0.833. The van der Waals surface area contributed by atoms with E-state index in [1.54, 1.807) is 6.20 Å². The summed E-state index contributed by atoms with van der Waals surface area (Å²) in [7, 11) is 0. The Morgan fingerprint density at radius 1 is 0.923 bits per heavy atom. The number of hydrogen-bond donors (Lipinski definition) is 1. The van der Waals surface area contributed by atoms with Crippen molar-refractivity contribution in [3.8, 4) is 0 Å². The summed E-state index contributed by atoms with van der Waals surface area (Å²) in [5.74, 6) is 0.0491. The first-order chi connectivity index (χ1) is 12.4. The van der Waals surface area contributed by atoms with Crippen molar-refractivity contribution in [2.75, 3.05) is 18.4 Å². The number of benzene rings is 1. The Bertz CT molecular complexity index is 721. The molecule has 1 aliphatic heterocycles. The molecular weight excluding hydrogens is 322 g/mol. The number of carbonyl (C=O) groups is 1. The molecule has 1 aromatic carbocycles. The Kier molecular flexibility index (Phi) is 5.60. The van der Waals surface area contributed by atoms with Crippen LogP contribution in [0.5, 0.6) is 0 Å². The van der Waals surface area contributed by atoms with Crippen LogP contribution in [0.25, 0.3) is 0 Å². The fraction of sp³-hybridized carbons (Fsp3) is 0.455. The average molecular weight is 351 g/mol. The van der Waals surface area contributed by atoms with Gasteiger partial charge in [0, 0.05) is 18.8 Å². The first-order valence-electron chi connectivity index (χ1n) is 9.56. The monoisotopic (exact) mass is 351 g/mol. The molecule has 0 aliphatic carbocycles. The van der Waals surface area contributed by atoms with Crippen molar-refractivity contribution in [1.29, 1.82) is 0 Å². The van der Waals surface area contributed by atoms with Crippen molar-refractivity contribution in [2.24, 2.45) is 0 Å². The maximum Gasteiger partial charge on any atom is 0.272 e. The summed E-state index contributed by atoms with van der Waals surface area (Å²) >= 11 is 0. The van der Waals surface area contributed by atoms with Gasteiger partial charge in [-0.2, -0.15) is 0 Å². The van der Waals surface area contributed by atoms with Gasteiger partial charge in [0.05, 0.1) is 11.9 Å². The summed E-state index contributed by atoms with van der Waals surface area (Å²) < 4.78 is 0. The highest BCUT2D eigenvalue weighted by atomic mass is 16.2. The Hall–Kier alpha value is -2.36. The number of nitrogens with one attached hydrogen (secondary N) is 1. The number of carbonyl (C=O) groups excluding carboxylic acids is 1. The standard InChI is InChI=1S/C22H29N3O/c1-22(2,3)17-8-10-18(11-9-17)24-19-12-13-20(23-16-19)21(26)25-14-6-4-5-7-15-25/h8-13,16,24H,4-7,14-15H2,1-3H3. The van der Waals surface area contributed by atoms with Crippen molar-refractivity contribution in [2.45, 2.75) is 51.9 Å². The van der Waals surface area contributed by atoms with Gasteiger partial charge in [-0.25, -0.2) is 4.98 Å². The number of nitrogens with zero attached hydrogens (tertiary/aromatic N) is 2. The second-order valence-corrected chi connectivity index (χ2v) is 8.09. The van der Waals surface area contributed by atoms with Crippen LogP contribution in [0.3, 0.4) is 0 Å². The first kappa shape index (κ1) is 18.4. The van der Waals surface area contributed by atoms with Gasteiger partial charge in [-0.15, -0.1) is 0 Å². The molecule has 4 heteroatoms. The van der Waals surface area contributed by atoms with E-state index in [9.17, 15) is 4.79 Å². The van der Waals surface area contributed by atoms with E-state index in [2.05, 4.69) is 55.3 Å². The molecule has 0 atom stereocenters. The van der Waals surface area contributed by atoms with Gasteiger partial charge in [0.2, 0.25) is 0 Å². The van der Waals surface area contributed by atoms with Crippen molar-refractivity contribution in [3.05, 3.63) is 53.9 Å². The number of rotatable bonds is 3. The van der Waals surface area contributed by atoms with E-state index in [0.717, 1.165) is 37.3 Å². The number of amides is 1. The van der Waals surface area contributed by atoms with E-state index in [1.807, 2.05) is 17.0 Å². The van der Waals surface area contributed by atoms with Crippen LogP contribution in [0.1, 0.15) is 62.5 Å². The number of hydrogen-bond acceptors (Lipinski definition) is 3. The highest BCUT2D eigenvalue weighted by molar-refractivity contribution is 5.92. The Morgan fingerprint density at radius 2 is 1.54 bits per heavy atom. The van der Waals surface area contributed by atoms with Gasteiger partial charge in [-0.1, -0.05) is 45.7 Å². The number of aromatic nitrogens is 1. The lowest BCUT2D eigenvalue weighted by molar-refractivity contribution is 0.0756. The lowest BCUT2D eigenvalue weighted by Crippen LogP contribution is -2.32. The molecule has 3 rings (SSSR count). The van der Waals surface area contributed by atoms with E-state index in [4.69, 9.17) is 0 Å². The van der Waals surface area contributed by atoms with Gasteiger partial charge in [0.1, 0.15) is 5.69 Å². The van der Waals surface area contributed by atoms with Crippen LogP contribution in [-0.2, 0) is 5.41 Å². The third kappa shape index (κ3) is 4.63. The zero-order chi connectivity index (χ0) is 18.6. The van der Waals surface area contributed by atoms with Crippen LogP contribution in [0.15, 0.2) is 42.6 Å². The van der Waals surface area contributed by atoms with Gasteiger partial charge in [-0.3, -0.25) is 4.79 Å². The molecule has 0 radical (unpaired) electrons. The average Bonchev–Trinajstić information content (AvgIpc) is 2.91. The minimum absolute atomic E-state index is 0.0491. The molecule has 0 bridgehead atoms. The zero-order valence-electron chi connectivity index (χ0n) is 16.1. The summed E-state index contributed by atoms with van der Waals surface area (Å²) in [4.78, 5) is 18.9.